The largest absolute Gasteiger partial charge is 0.218 e. The number of hydrogen-bond acceptors (Lipinski definition) is 2. The zero-order chi connectivity index (χ0) is 7.33. The minimum atomic E-state index is -3.07. The van der Waals surface area contributed by atoms with Crippen molar-refractivity contribution >= 4 is 10.0 Å². The fourth-order valence-corrected chi connectivity index (χ4v) is 0.886. The van der Waals surface area contributed by atoms with Gasteiger partial charge in [-0.05, 0) is 7.05 Å². The van der Waals surface area contributed by atoms with E-state index in [1.165, 1.54) is 7.05 Å². The number of sulfonamides is 1. The number of terminal acetylenes is 1. The van der Waals surface area contributed by atoms with E-state index < -0.39 is 10.0 Å². The Hall–Kier alpha value is -0.530. The van der Waals surface area contributed by atoms with Gasteiger partial charge in [0.2, 0.25) is 10.0 Å². The molecule has 0 aromatic carbocycles. The Balaban J connectivity index is 3.78. The second kappa shape index (κ2) is 3.49. The highest BCUT2D eigenvalue weighted by molar-refractivity contribution is 7.89. The van der Waals surface area contributed by atoms with Crippen molar-refractivity contribution in [3.63, 3.8) is 0 Å². The molecule has 9 heavy (non-hydrogen) atoms. The lowest BCUT2D eigenvalue weighted by Gasteiger charge is -1.95. The van der Waals surface area contributed by atoms with E-state index in [-0.39, 0.29) is 12.2 Å². The molecule has 0 aromatic heterocycles. The maximum absolute atomic E-state index is 10.6. The fraction of sp³-hybridized carbons (Fsp3) is 0.600. The molecule has 0 bridgehead atoms. The van der Waals surface area contributed by atoms with Gasteiger partial charge in [-0.1, -0.05) is 0 Å². The summed E-state index contributed by atoms with van der Waals surface area (Å²) in [6.07, 6.45) is 5.12. The van der Waals surface area contributed by atoms with Gasteiger partial charge in [0.05, 0.1) is 5.75 Å². The molecular weight excluding hydrogens is 138 g/mol. The standard InChI is InChI=1S/C5H9NO2S/c1-3-4-5-9(7,8)6-2/h1,6H,4-5H2,2H3. The Kier molecular flexibility index (Phi) is 3.28. The first kappa shape index (κ1) is 8.47. The van der Waals surface area contributed by atoms with Gasteiger partial charge < -0.3 is 0 Å². The van der Waals surface area contributed by atoms with Crippen LogP contribution in [0.3, 0.4) is 0 Å². The highest BCUT2D eigenvalue weighted by Gasteiger charge is 2.02. The van der Waals surface area contributed by atoms with Crippen LogP contribution in [0.1, 0.15) is 6.42 Å². The molecule has 0 fully saturated rings. The van der Waals surface area contributed by atoms with Gasteiger partial charge in [0.25, 0.3) is 0 Å². The van der Waals surface area contributed by atoms with Crippen LogP contribution < -0.4 is 4.72 Å². The van der Waals surface area contributed by atoms with Crippen molar-refractivity contribution in [2.45, 2.75) is 6.42 Å². The first-order chi connectivity index (χ1) is 4.12. The first-order valence-electron chi connectivity index (χ1n) is 2.47. The molecule has 4 heteroatoms. The lowest BCUT2D eigenvalue weighted by molar-refractivity contribution is 0.588. The van der Waals surface area contributed by atoms with Crippen molar-refractivity contribution in [3.05, 3.63) is 0 Å². The summed E-state index contributed by atoms with van der Waals surface area (Å²) in [7, 11) is -1.71. The molecule has 0 aliphatic rings. The molecule has 0 radical (unpaired) electrons. The van der Waals surface area contributed by atoms with Crippen molar-refractivity contribution in [1.29, 1.82) is 0 Å². The Morgan fingerprint density at radius 1 is 1.67 bits per heavy atom. The van der Waals surface area contributed by atoms with Crippen LogP contribution in [0.25, 0.3) is 0 Å². The minimum Gasteiger partial charge on any atom is -0.218 e. The molecule has 1 N–H and O–H groups in total. The lowest BCUT2D eigenvalue weighted by atomic mass is 10.5. The predicted molar refractivity (Wildman–Crippen MR) is 36.3 cm³/mol. The second-order valence-electron chi connectivity index (χ2n) is 1.48. The topological polar surface area (TPSA) is 46.2 Å². The third-order valence-electron chi connectivity index (χ3n) is 0.826. The number of hydrogen-bond donors (Lipinski definition) is 1. The van der Waals surface area contributed by atoms with Gasteiger partial charge in [0.1, 0.15) is 0 Å². The van der Waals surface area contributed by atoms with Crippen LogP contribution in [0.2, 0.25) is 0 Å². The Morgan fingerprint density at radius 2 is 2.22 bits per heavy atom. The van der Waals surface area contributed by atoms with Gasteiger partial charge in [0, 0.05) is 6.42 Å². The monoisotopic (exact) mass is 147 g/mol. The van der Waals surface area contributed by atoms with E-state index in [1.807, 2.05) is 0 Å². The summed E-state index contributed by atoms with van der Waals surface area (Å²) in [5, 5.41) is 0. The molecule has 0 aliphatic carbocycles. The van der Waals surface area contributed by atoms with Crippen molar-refractivity contribution in [2.75, 3.05) is 12.8 Å². The third-order valence-corrected chi connectivity index (χ3v) is 2.19. The van der Waals surface area contributed by atoms with Crippen LogP contribution in [0, 0.1) is 12.3 Å². The van der Waals surface area contributed by atoms with Gasteiger partial charge >= 0.3 is 0 Å². The SMILES string of the molecule is C#CCCS(=O)(=O)NC. The minimum absolute atomic E-state index is 0.0139. The Morgan fingerprint density at radius 3 is 2.56 bits per heavy atom. The predicted octanol–water partition coefficient (Wildman–Crippen LogP) is -0.441. The summed E-state index contributed by atoms with van der Waals surface area (Å²) in [6.45, 7) is 0. The van der Waals surface area contributed by atoms with Gasteiger partial charge in [-0.3, -0.25) is 0 Å². The van der Waals surface area contributed by atoms with Crippen molar-refractivity contribution in [2.24, 2.45) is 0 Å². The summed E-state index contributed by atoms with van der Waals surface area (Å²) in [5.41, 5.74) is 0. The van der Waals surface area contributed by atoms with E-state index in [9.17, 15) is 8.42 Å². The summed E-state index contributed by atoms with van der Waals surface area (Å²) in [4.78, 5) is 0. The molecular formula is C5H9NO2S. The molecule has 0 spiro atoms. The summed E-state index contributed by atoms with van der Waals surface area (Å²) >= 11 is 0. The molecule has 0 amide bonds. The smallest absolute Gasteiger partial charge is 0.212 e. The van der Waals surface area contributed by atoms with Crippen LogP contribution in [0.5, 0.6) is 0 Å². The van der Waals surface area contributed by atoms with Crippen LogP contribution in [-0.2, 0) is 10.0 Å². The number of nitrogens with one attached hydrogen (secondary N) is 1. The molecule has 0 rings (SSSR count). The van der Waals surface area contributed by atoms with E-state index in [0.29, 0.717) is 0 Å². The maximum Gasteiger partial charge on any atom is 0.212 e. The van der Waals surface area contributed by atoms with Gasteiger partial charge in [0.15, 0.2) is 0 Å². The van der Waals surface area contributed by atoms with E-state index >= 15 is 0 Å². The Bertz CT molecular complexity index is 199. The van der Waals surface area contributed by atoms with Gasteiger partial charge in [-0.2, -0.15) is 0 Å². The third kappa shape index (κ3) is 4.01. The van der Waals surface area contributed by atoms with Crippen LogP contribution in [0.15, 0.2) is 0 Å². The van der Waals surface area contributed by atoms with Gasteiger partial charge in [-0.15, -0.1) is 12.3 Å². The fourth-order valence-electron chi connectivity index (χ4n) is 0.295. The molecule has 0 atom stereocenters. The quantitative estimate of drug-likeness (QED) is 0.550. The molecule has 0 unspecified atom stereocenters. The molecule has 0 aromatic rings. The maximum atomic E-state index is 10.6. The first-order valence-corrected chi connectivity index (χ1v) is 4.12. The van der Waals surface area contributed by atoms with Gasteiger partial charge in [-0.25, -0.2) is 13.1 Å². The second-order valence-corrected chi connectivity index (χ2v) is 3.52. The summed E-state index contributed by atoms with van der Waals surface area (Å²) in [6, 6.07) is 0. The molecule has 0 aliphatic heterocycles. The zero-order valence-corrected chi connectivity index (χ0v) is 6.03. The molecule has 0 saturated carbocycles. The highest BCUT2D eigenvalue weighted by atomic mass is 32.2. The number of rotatable bonds is 3. The van der Waals surface area contributed by atoms with Crippen LogP contribution >= 0.6 is 0 Å². The highest BCUT2D eigenvalue weighted by Crippen LogP contribution is 1.84. The average molecular weight is 147 g/mol. The molecule has 0 heterocycles. The summed E-state index contributed by atoms with van der Waals surface area (Å²) in [5.74, 6) is 2.25. The lowest BCUT2D eigenvalue weighted by Crippen LogP contribution is -2.21. The van der Waals surface area contributed by atoms with E-state index in [4.69, 9.17) is 6.42 Å². The normalized spacial score (nSPS) is 10.7. The van der Waals surface area contributed by atoms with E-state index in [2.05, 4.69) is 10.6 Å². The Labute approximate surface area is 55.5 Å². The zero-order valence-electron chi connectivity index (χ0n) is 5.22. The average Bonchev–Trinajstić information content (AvgIpc) is 1.84. The van der Waals surface area contributed by atoms with Crippen LogP contribution in [0.4, 0.5) is 0 Å². The van der Waals surface area contributed by atoms with E-state index in [1.54, 1.807) is 0 Å². The molecule has 3 nitrogen and oxygen atoms in total. The van der Waals surface area contributed by atoms with Crippen molar-refractivity contribution in [1.82, 2.24) is 4.72 Å². The summed E-state index contributed by atoms with van der Waals surface area (Å²) < 4.78 is 23.3. The van der Waals surface area contributed by atoms with Crippen molar-refractivity contribution in [3.8, 4) is 12.3 Å². The van der Waals surface area contributed by atoms with Crippen LogP contribution in [-0.4, -0.2) is 21.2 Å². The molecule has 0 saturated heterocycles. The molecule has 52 valence electrons. The van der Waals surface area contributed by atoms with E-state index in [0.717, 1.165) is 0 Å². The van der Waals surface area contributed by atoms with Crippen molar-refractivity contribution < 1.29 is 8.42 Å².